The fourth-order valence-corrected chi connectivity index (χ4v) is 19.6. The number of alkyl carbamates (subject to hydrolysis) is 2. The normalized spacial score (nSPS) is 24.7. The van der Waals surface area contributed by atoms with Crippen molar-refractivity contribution in [1.29, 1.82) is 0 Å². The predicted molar refractivity (Wildman–Crippen MR) is 458 cm³/mol. The number of pyridine rings is 2. The average Bonchev–Trinajstić information content (AvgIpc) is 1.49. The summed E-state index contributed by atoms with van der Waals surface area (Å²) in [6.07, 6.45) is 19.7. The van der Waals surface area contributed by atoms with Crippen LogP contribution in [0.1, 0.15) is 193 Å². The van der Waals surface area contributed by atoms with Gasteiger partial charge in [-0.1, -0.05) is 11.7 Å². The van der Waals surface area contributed by atoms with Crippen molar-refractivity contribution in [3.05, 3.63) is 86.6 Å². The van der Waals surface area contributed by atoms with Gasteiger partial charge in [-0.05, 0) is 205 Å². The Balaban J connectivity index is 0.000000134. The van der Waals surface area contributed by atoms with E-state index in [1.54, 1.807) is 13.0 Å². The number of rotatable bonds is 9. The fourth-order valence-electron chi connectivity index (χ4n) is 19.0. The molecular formula is C84H111IN24O12. The van der Waals surface area contributed by atoms with E-state index in [0.29, 0.717) is 49.5 Å². The molecule has 19 rings (SSSR count). The zero-order valence-electron chi connectivity index (χ0n) is 70.7. The predicted octanol–water partition coefficient (Wildman–Crippen LogP) is 11.5. The number of nitrogens with two attached hydrogens (primary N) is 1. The molecule has 0 aliphatic carbocycles. The number of anilines is 6. The number of nitrogens with one attached hydrogen (secondary N) is 2. The van der Waals surface area contributed by atoms with Crippen LogP contribution in [0.4, 0.5) is 50.1 Å². The third-order valence-corrected chi connectivity index (χ3v) is 26.1. The Kier molecular flexibility index (Phi) is 24.7. The molecule has 0 bridgehead atoms. The molecule has 2 amide bonds. The van der Waals surface area contributed by atoms with Crippen molar-refractivity contribution in [2.75, 3.05) is 110 Å². The van der Waals surface area contributed by atoms with E-state index >= 15 is 0 Å². The maximum Gasteiger partial charge on any atom is 0.407 e. The molecule has 121 heavy (non-hydrogen) atoms. The highest BCUT2D eigenvalue weighted by atomic mass is 127. The third kappa shape index (κ3) is 17.8. The molecule has 5 N–H and O–H groups in total. The van der Waals surface area contributed by atoms with Crippen LogP contribution in [0.2, 0.25) is 0 Å². The summed E-state index contributed by atoms with van der Waals surface area (Å²) >= 11 is 2.22. The molecule has 11 aliphatic rings. The van der Waals surface area contributed by atoms with E-state index in [4.69, 9.17) is 110 Å². The second-order valence-corrected chi connectivity index (χ2v) is 36.7. The van der Waals surface area contributed by atoms with Gasteiger partial charge in [-0.15, -0.1) is 10.1 Å². The van der Waals surface area contributed by atoms with Crippen LogP contribution in [0.15, 0.2) is 52.4 Å². The number of piperidine rings is 3. The van der Waals surface area contributed by atoms with Crippen LogP contribution >= 0.6 is 22.6 Å². The molecule has 8 saturated heterocycles. The second-order valence-electron chi connectivity index (χ2n) is 35.6. The van der Waals surface area contributed by atoms with E-state index < -0.39 is 17.3 Å². The third-order valence-electron chi connectivity index (χ3n) is 25.4. The molecule has 37 heteroatoms. The minimum Gasteiger partial charge on any atom is -0.483 e. The maximum absolute atomic E-state index is 12.7. The number of carbonyl (C=O) groups is 3. The van der Waals surface area contributed by atoms with Crippen LogP contribution < -0.4 is 40.9 Å². The van der Waals surface area contributed by atoms with Crippen LogP contribution in [0.5, 0.6) is 0 Å². The summed E-state index contributed by atoms with van der Waals surface area (Å²) in [5, 5.41) is 27.0. The first kappa shape index (κ1) is 84.9. The number of fused-ring (bicyclic) bond motifs is 5. The Labute approximate surface area is 716 Å². The van der Waals surface area contributed by atoms with Crippen LogP contribution in [-0.2, 0) is 57.3 Å². The van der Waals surface area contributed by atoms with Crippen molar-refractivity contribution in [3.8, 4) is 11.5 Å². The molecule has 11 aliphatic heterocycles. The number of carbonyl (C=O) groups excluding carboxylic acids is 2. The summed E-state index contributed by atoms with van der Waals surface area (Å²) in [5.41, 5.74) is 14.7. The molecule has 8 aromatic heterocycles. The highest BCUT2D eigenvalue weighted by Gasteiger charge is 2.53. The number of amidine groups is 1. The Morgan fingerprint density at radius 2 is 1.10 bits per heavy atom. The van der Waals surface area contributed by atoms with Gasteiger partial charge in [-0.2, -0.15) is 10.1 Å². The minimum atomic E-state index is -0.564. The SMILES string of the molecule is C[C@@H]1OCC2(CCN(c3cnc4c(I)nn(C5CCCCO5)c4n3)CC2)[C@@H]1NC(=O)OC(C)(C)C.Cc1nc(-c2ccc3c(n2)CCCN3C2=NCc3nc(N4CCC5(CC4)CO[C@@H](C)[C@H]5N)cnc32)no1.O=CO.[C-]#[N+]c1ccc2c(n1)CCCN2c1nn(C2CCCCO2)c2nc(N3CCC4(CC3)CO[C@@H](C)[C@H]4NC(=O)OC(C)(C)C)cnc12. The first-order chi connectivity index (χ1) is 58.2. The number of hydrogen-bond acceptors (Lipinski definition) is 30. The van der Waals surface area contributed by atoms with Gasteiger partial charge in [0.25, 0.3) is 12.3 Å². The van der Waals surface area contributed by atoms with Gasteiger partial charge in [0.1, 0.15) is 45.6 Å². The van der Waals surface area contributed by atoms with Gasteiger partial charge in [0.05, 0.1) is 98.1 Å². The van der Waals surface area contributed by atoms with E-state index in [0.717, 1.165) is 258 Å². The number of amides is 2. The Hall–Kier alpha value is -9.72. The lowest BCUT2D eigenvalue weighted by Crippen LogP contribution is -2.55. The van der Waals surface area contributed by atoms with Crippen molar-refractivity contribution < 1.29 is 57.2 Å². The van der Waals surface area contributed by atoms with Crippen molar-refractivity contribution in [3.63, 3.8) is 0 Å². The molecule has 8 atom stereocenters. The van der Waals surface area contributed by atoms with Gasteiger partial charge in [-0.3, -0.25) is 9.79 Å². The summed E-state index contributed by atoms with van der Waals surface area (Å²) in [7, 11) is 0. The van der Waals surface area contributed by atoms with Gasteiger partial charge in [0, 0.05) is 101 Å². The summed E-state index contributed by atoms with van der Waals surface area (Å²) < 4.78 is 51.1. The van der Waals surface area contributed by atoms with E-state index in [2.05, 4.69) is 90.7 Å². The smallest absolute Gasteiger partial charge is 0.407 e. The number of halogens is 1. The molecular weight excluding hydrogens is 1660 g/mol. The quantitative estimate of drug-likeness (QED) is 0.0592. The molecule has 0 saturated carbocycles. The van der Waals surface area contributed by atoms with Gasteiger partial charge in [0.2, 0.25) is 11.7 Å². The van der Waals surface area contributed by atoms with Crippen LogP contribution in [-0.4, -0.2) is 232 Å². The highest BCUT2D eigenvalue weighted by molar-refractivity contribution is 14.1. The number of aromatic nitrogens is 14. The zero-order valence-corrected chi connectivity index (χ0v) is 72.9. The molecule has 19 heterocycles. The first-order valence-corrected chi connectivity index (χ1v) is 43.7. The Morgan fingerprint density at radius 3 is 1.63 bits per heavy atom. The Morgan fingerprint density at radius 1 is 0.603 bits per heavy atom. The monoisotopic (exact) mass is 1770 g/mol. The van der Waals surface area contributed by atoms with Crippen molar-refractivity contribution in [2.24, 2.45) is 27.0 Å². The fraction of sp³-hybridized carbons (Fsp3) is 0.631. The lowest BCUT2D eigenvalue weighted by Gasteiger charge is -2.42. The minimum absolute atomic E-state index is 0.0582. The number of aliphatic imine (C=N–C) groups is 1. The summed E-state index contributed by atoms with van der Waals surface area (Å²) in [6.45, 7) is 36.9. The van der Waals surface area contributed by atoms with Gasteiger partial charge in [0.15, 0.2) is 50.3 Å². The highest BCUT2D eigenvalue weighted by Crippen LogP contribution is 2.48. The van der Waals surface area contributed by atoms with Crippen LogP contribution in [0.25, 0.3) is 38.7 Å². The first-order valence-electron chi connectivity index (χ1n) is 42.7. The van der Waals surface area contributed by atoms with Crippen molar-refractivity contribution >= 4 is 110 Å². The summed E-state index contributed by atoms with van der Waals surface area (Å²) in [4.78, 5) is 96.8. The molecule has 3 spiro atoms. The lowest BCUT2D eigenvalue weighted by molar-refractivity contribution is -0.122. The largest absolute Gasteiger partial charge is 0.483 e. The molecule has 2 unspecified atom stereocenters. The number of hydrogen-bond donors (Lipinski definition) is 4. The number of nitrogens with zero attached hydrogens (tertiary/aromatic N) is 21. The van der Waals surface area contributed by atoms with E-state index in [-0.39, 0.29) is 77.7 Å². The topological polar surface area (TPSA) is 397 Å². The summed E-state index contributed by atoms with van der Waals surface area (Å²) in [5.74, 6) is 5.64. The number of ether oxygens (including phenoxy) is 7. The van der Waals surface area contributed by atoms with Gasteiger partial charge in [-0.25, -0.2) is 53.8 Å². The molecule has 646 valence electrons. The van der Waals surface area contributed by atoms with E-state index in [1.807, 2.05) is 95.5 Å². The Bertz CT molecular complexity index is 5140. The second kappa shape index (κ2) is 35.3. The van der Waals surface area contributed by atoms with Gasteiger partial charge < -0.3 is 88.5 Å². The lowest BCUT2D eigenvalue weighted by atomic mass is 9.73. The van der Waals surface area contributed by atoms with Crippen LogP contribution in [0, 0.1) is 33.4 Å². The van der Waals surface area contributed by atoms with E-state index in [1.165, 1.54) is 0 Å². The molecule has 8 aromatic rings. The summed E-state index contributed by atoms with van der Waals surface area (Å²) in [6, 6.07) is 7.65. The van der Waals surface area contributed by atoms with E-state index in [9.17, 15) is 9.59 Å². The molecule has 0 radical (unpaired) electrons. The van der Waals surface area contributed by atoms with Crippen molar-refractivity contribution in [2.45, 2.75) is 239 Å². The average molecular weight is 1780 g/mol. The maximum atomic E-state index is 12.7. The zero-order chi connectivity index (χ0) is 84.7. The molecule has 0 aromatic carbocycles. The molecule has 8 fully saturated rings. The van der Waals surface area contributed by atoms with Crippen molar-refractivity contribution in [1.82, 2.24) is 80.2 Å². The standard InChI is InChI=1S/C33H43N9O4.C26H31N9O2.C24H35IN6O4.CH2O2/c1-21-28(38-31(43)46-32(2,3)4)33(20-45-21)13-16-40(17-14-33)25-19-35-27-29(37-25)42(26-10-6-7-18-44-26)39-30(27)41-15-8-9-22-23(41)11-12-24(34-5)36-22;1-15-23(27)26(14-36-15)7-10-34(11-8-26)21-13-28-22-19(32-21)12-29-25(22)35-9-3-4-17-20(35)6-5-18(31-17)24-30-16(2)37-33-24;1-15-19(28-22(32)35-23(2,3)4)24(14-34-15)8-10-30(11-9-24)16-13-26-18-20(25)29-31(21(18)27-16)17-7-5-6-12-33-17;2-1-3/h11-12,19,21,26,28H,6-10,13-18,20H2,1-4H3,(H,38,43);5-6,13,15,23H,3-4,7-12,14,27H2,1-2H3;13,15,17,19H,5-12,14H2,1-4H3,(H,28,32);1H,(H,2,3)/t21-,26?,28+;15-,23+;15-,17?,19+;/m000./s1. The van der Waals surface area contributed by atoms with Gasteiger partial charge >= 0.3 is 12.2 Å². The molecule has 36 nitrogen and oxygen atoms in total. The number of carboxylic acid groups (broad SMARTS) is 1. The number of aryl methyl sites for hydroxylation is 3. The van der Waals surface area contributed by atoms with Crippen LogP contribution in [0.3, 0.4) is 0 Å².